The number of carboxylic acid groups (broad SMARTS) is 1. The van der Waals surface area contributed by atoms with Crippen LogP contribution in [-0.4, -0.2) is 75.0 Å². The second-order valence-electron chi connectivity index (χ2n) is 8.01. The number of piperidine rings is 1. The van der Waals surface area contributed by atoms with Gasteiger partial charge in [-0.15, -0.1) is 0 Å². The smallest absolute Gasteiger partial charge is 0.488 e. The van der Waals surface area contributed by atoms with E-state index >= 15 is 0 Å². The van der Waals surface area contributed by atoms with Gasteiger partial charge in [-0.05, 0) is 25.1 Å². The van der Waals surface area contributed by atoms with Gasteiger partial charge in [-0.2, -0.15) is 13.2 Å². The molecule has 39 heavy (non-hydrogen) atoms. The fourth-order valence-electron chi connectivity index (χ4n) is 3.29. The molecule has 0 bridgehead atoms. The first kappa shape index (κ1) is 29.2. The number of carboxylic acids is 1. The van der Waals surface area contributed by atoms with Gasteiger partial charge in [-0.3, -0.25) is 9.78 Å². The lowest BCUT2D eigenvalue weighted by Gasteiger charge is -2.26. The quantitative estimate of drug-likeness (QED) is 0.373. The number of carbonyl (C=O) groups excluding carboxylic acids is 1. The largest absolute Gasteiger partial charge is 0.490 e. The van der Waals surface area contributed by atoms with Crippen molar-refractivity contribution < 1.29 is 41.7 Å². The summed E-state index contributed by atoms with van der Waals surface area (Å²) in [6.07, 6.45) is 1.85. The number of hydrogen-bond donors (Lipinski definition) is 3. The van der Waals surface area contributed by atoms with Gasteiger partial charge in [-0.25, -0.2) is 24.1 Å². The number of nitrogens with one attached hydrogen (secondary N) is 2. The average molecular weight is 552 g/mol. The Balaban J connectivity index is 0.000000532. The Labute approximate surface area is 219 Å². The summed E-state index contributed by atoms with van der Waals surface area (Å²) in [5, 5.41) is 12.9. The van der Waals surface area contributed by atoms with Gasteiger partial charge in [0, 0.05) is 55.9 Å². The van der Waals surface area contributed by atoms with Crippen molar-refractivity contribution in [1.82, 2.24) is 30.6 Å². The third-order valence-electron chi connectivity index (χ3n) is 5.01. The molecule has 208 valence electrons. The predicted octanol–water partition coefficient (Wildman–Crippen LogP) is 3.19. The zero-order chi connectivity index (χ0) is 28.4. The van der Waals surface area contributed by atoms with E-state index in [9.17, 15) is 22.4 Å². The number of nitrogens with zero attached hydrogens (tertiary/aromatic N) is 4. The topological polar surface area (TPSA) is 148 Å². The SMILES string of the molecule is CCOc1cccnc1Oc1cncc(-c2ncc(C(=O)N[C@H]3CNC[C@H](F)C3)cn2)c1.O=C(O)C(F)(F)F. The molecule has 1 amide bonds. The molecule has 15 heteroatoms. The molecular weight excluding hydrogens is 528 g/mol. The number of alkyl halides is 4. The van der Waals surface area contributed by atoms with Crippen molar-refractivity contribution in [3.05, 3.63) is 54.7 Å². The highest BCUT2D eigenvalue weighted by molar-refractivity contribution is 5.93. The second-order valence-corrected chi connectivity index (χ2v) is 8.01. The lowest BCUT2D eigenvalue weighted by Crippen LogP contribution is -2.49. The van der Waals surface area contributed by atoms with Crippen LogP contribution in [0.15, 0.2) is 49.2 Å². The van der Waals surface area contributed by atoms with E-state index in [1.54, 1.807) is 36.8 Å². The van der Waals surface area contributed by atoms with Crippen LogP contribution in [0.1, 0.15) is 23.7 Å². The zero-order valence-corrected chi connectivity index (χ0v) is 20.5. The molecule has 0 radical (unpaired) electrons. The maximum absolute atomic E-state index is 13.5. The highest BCUT2D eigenvalue weighted by Gasteiger charge is 2.38. The standard InChI is InChI=1S/C22H23FN6O3.C2HF3O2/c1-2-31-19-4-3-5-26-22(19)32-18-6-14(8-24-13-18)20-27-9-15(10-28-20)21(30)29-17-7-16(23)11-25-12-17;3-2(4,5)1(6)7/h3-6,8-10,13,16-17,25H,2,7,11-12H2,1H3,(H,29,30);(H,6,7)/t16-,17-;/m1./s1. The van der Waals surface area contributed by atoms with E-state index in [0.717, 1.165) is 0 Å². The third-order valence-corrected chi connectivity index (χ3v) is 5.01. The molecule has 1 saturated heterocycles. The number of ether oxygens (including phenoxy) is 2. The van der Waals surface area contributed by atoms with Gasteiger partial charge in [-0.1, -0.05) is 0 Å². The summed E-state index contributed by atoms with van der Waals surface area (Å²) in [5.74, 6) is -1.42. The maximum atomic E-state index is 13.5. The van der Waals surface area contributed by atoms with Gasteiger partial charge in [0.15, 0.2) is 11.6 Å². The van der Waals surface area contributed by atoms with Crippen LogP contribution in [-0.2, 0) is 4.79 Å². The Morgan fingerprint density at radius 3 is 2.51 bits per heavy atom. The number of halogens is 4. The van der Waals surface area contributed by atoms with Crippen molar-refractivity contribution in [1.29, 1.82) is 0 Å². The van der Waals surface area contributed by atoms with E-state index < -0.39 is 18.3 Å². The molecule has 4 heterocycles. The fraction of sp³-hybridized carbons (Fsp3) is 0.333. The summed E-state index contributed by atoms with van der Waals surface area (Å²) in [6.45, 7) is 3.21. The van der Waals surface area contributed by atoms with E-state index in [0.29, 0.717) is 54.0 Å². The fourth-order valence-corrected chi connectivity index (χ4v) is 3.29. The van der Waals surface area contributed by atoms with E-state index in [2.05, 4.69) is 30.6 Å². The van der Waals surface area contributed by atoms with E-state index in [1.165, 1.54) is 12.4 Å². The van der Waals surface area contributed by atoms with Crippen LogP contribution >= 0.6 is 0 Å². The van der Waals surface area contributed by atoms with Crippen LogP contribution in [0.3, 0.4) is 0 Å². The summed E-state index contributed by atoms with van der Waals surface area (Å²) < 4.78 is 56.6. The molecule has 0 saturated carbocycles. The van der Waals surface area contributed by atoms with Crippen molar-refractivity contribution in [2.75, 3.05) is 19.7 Å². The van der Waals surface area contributed by atoms with Crippen LogP contribution in [0.5, 0.6) is 17.4 Å². The molecule has 3 aromatic rings. The molecule has 0 aliphatic carbocycles. The molecule has 3 aromatic heterocycles. The Hall–Kier alpha value is -4.40. The van der Waals surface area contributed by atoms with Crippen molar-refractivity contribution in [3.8, 4) is 28.8 Å². The average Bonchev–Trinajstić information content (AvgIpc) is 2.90. The predicted molar refractivity (Wildman–Crippen MR) is 128 cm³/mol. The van der Waals surface area contributed by atoms with E-state index in [1.807, 2.05) is 6.92 Å². The van der Waals surface area contributed by atoms with Gasteiger partial charge < -0.3 is 25.2 Å². The van der Waals surface area contributed by atoms with E-state index in [-0.39, 0.29) is 18.4 Å². The molecule has 11 nitrogen and oxygen atoms in total. The summed E-state index contributed by atoms with van der Waals surface area (Å²) in [7, 11) is 0. The molecule has 0 spiro atoms. The summed E-state index contributed by atoms with van der Waals surface area (Å²) in [5.41, 5.74) is 0.907. The zero-order valence-electron chi connectivity index (χ0n) is 20.5. The Morgan fingerprint density at radius 2 is 1.87 bits per heavy atom. The number of aromatic nitrogens is 4. The molecule has 0 unspecified atom stereocenters. The second kappa shape index (κ2) is 13.4. The molecule has 0 aromatic carbocycles. The molecule has 3 N–H and O–H groups in total. The van der Waals surface area contributed by atoms with Crippen LogP contribution in [0, 0.1) is 0 Å². The minimum atomic E-state index is -5.08. The summed E-state index contributed by atoms with van der Waals surface area (Å²) in [6, 6.07) is 4.99. The van der Waals surface area contributed by atoms with Gasteiger partial charge in [0.05, 0.1) is 18.4 Å². The lowest BCUT2D eigenvalue weighted by atomic mass is 10.1. The van der Waals surface area contributed by atoms with Crippen LogP contribution in [0.2, 0.25) is 0 Å². The minimum Gasteiger partial charge on any atom is -0.488 e. The van der Waals surface area contributed by atoms with Crippen molar-refractivity contribution in [2.45, 2.75) is 31.7 Å². The van der Waals surface area contributed by atoms with E-state index in [4.69, 9.17) is 19.4 Å². The number of hydrogen-bond acceptors (Lipinski definition) is 9. The highest BCUT2D eigenvalue weighted by Crippen LogP contribution is 2.30. The monoisotopic (exact) mass is 552 g/mol. The Kier molecular flexibility index (Phi) is 10.0. The number of pyridine rings is 2. The summed E-state index contributed by atoms with van der Waals surface area (Å²) in [4.78, 5) is 38.2. The molecule has 2 atom stereocenters. The van der Waals surface area contributed by atoms with Crippen LogP contribution < -0.4 is 20.1 Å². The normalized spacial score (nSPS) is 16.8. The number of rotatable bonds is 7. The first-order chi connectivity index (χ1) is 18.6. The highest BCUT2D eigenvalue weighted by atomic mass is 19.4. The first-order valence-electron chi connectivity index (χ1n) is 11.6. The van der Waals surface area contributed by atoms with Gasteiger partial charge in [0.1, 0.15) is 11.9 Å². The molecular formula is C24H24F4N6O5. The molecule has 4 rings (SSSR count). The van der Waals surface area contributed by atoms with Crippen molar-refractivity contribution in [3.63, 3.8) is 0 Å². The molecule has 1 aliphatic heterocycles. The lowest BCUT2D eigenvalue weighted by molar-refractivity contribution is -0.192. The summed E-state index contributed by atoms with van der Waals surface area (Å²) >= 11 is 0. The number of amides is 1. The molecule has 1 aliphatic rings. The first-order valence-corrected chi connectivity index (χ1v) is 11.6. The number of carbonyl (C=O) groups is 2. The van der Waals surface area contributed by atoms with Gasteiger partial charge in [0.2, 0.25) is 0 Å². The van der Waals surface area contributed by atoms with Crippen molar-refractivity contribution in [2.24, 2.45) is 0 Å². The molecule has 1 fully saturated rings. The van der Waals surface area contributed by atoms with Gasteiger partial charge in [0.25, 0.3) is 11.8 Å². The maximum Gasteiger partial charge on any atom is 0.490 e. The van der Waals surface area contributed by atoms with Gasteiger partial charge >= 0.3 is 12.1 Å². The minimum absolute atomic E-state index is 0.267. The van der Waals surface area contributed by atoms with Crippen LogP contribution in [0.25, 0.3) is 11.4 Å². The third kappa shape index (κ3) is 8.84. The van der Waals surface area contributed by atoms with Crippen LogP contribution in [0.4, 0.5) is 17.6 Å². The Morgan fingerprint density at radius 1 is 1.15 bits per heavy atom. The Bertz CT molecular complexity index is 1260. The number of aliphatic carboxylic acids is 1. The van der Waals surface area contributed by atoms with Crippen molar-refractivity contribution >= 4 is 11.9 Å².